The third-order valence-corrected chi connectivity index (χ3v) is 4.64. The van der Waals surface area contributed by atoms with E-state index < -0.39 is 18.0 Å². The predicted molar refractivity (Wildman–Crippen MR) is 104 cm³/mol. The second-order valence-corrected chi connectivity index (χ2v) is 6.64. The van der Waals surface area contributed by atoms with Crippen molar-refractivity contribution in [1.82, 2.24) is 0 Å². The van der Waals surface area contributed by atoms with Crippen LogP contribution in [0.2, 0.25) is 0 Å². The summed E-state index contributed by atoms with van der Waals surface area (Å²) >= 11 is 0. The van der Waals surface area contributed by atoms with Crippen molar-refractivity contribution in [3.05, 3.63) is 60.2 Å². The van der Waals surface area contributed by atoms with E-state index in [1.54, 1.807) is 60.4 Å². The van der Waals surface area contributed by atoms with Crippen LogP contribution in [-0.4, -0.2) is 36.9 Å². The highest BCUT2D eigenvalue weighted by molar-refractivity contribution is 6.02. The van der Waals surface area contributed by atoms with Gasteiger partial charge in [-0.25, -0.2) is 0 Å². The number of ketones is 1. The van der Waals surface area contributed by atoms with E-state index in [4.69, 9.17) is 9.47 Å². The zero-order valence-corrected chi connectivity index (χ0v) is 16.0. The van der Waals surface area contributed by atoms with Gasteiger partial charge >= 0.3 is 5.97 Å². The topological polar surface area (TPSA) is 72.9 Å². The highest BCUT2D eigenvalue weighted by Crippen LogP contribution is 2.28. The lowest BCUT2D eigenvalue weighted by molar-refractivity contribution is -0.151. The largest absolute Gasteiger partial charge is 0.494 e. The second kappa shape index (κ2) is 8.69. The second-order valence-electron chi connectivity index (χ2n) is 6.64. The summed E-state index contributed by atoms with van der Waals surface area (Å²) in [6, 6.07) is 15.8. The van der Waals surface area contributed by atoms with Gasteiger partial charge in [0.05, 0.1) is 12.5 Å². The quantitative estimate of drug-likeness (QED) is 0.544. The molecule has 1 aliphatic rings. The van der Waals surface area contributed by atoms with Gasteiger partial charge in [-0.2, -0.15) is 0 Å². The number of amides is 1. The first-order valence-corrected chi connectivity index (χ1v) is 9.32. The molecule has 1 aliphatic heterocycles. The molecule has 1 amide bonds. The Balaban J connectivity index is 1.61. The van der Waals surface area contributed by atoms with Crippen LogP contribution < -0.4 is 9.64 Å². The van der Waals surface area contributed by atoms with E-state index in [2.05, 4.69) is 0 Å². The molecular weight excluding hydrogens is 358 g/mol. The lowest BCUT2D eigenvalue weighted by Gasteiger charge is -2.18. The molecule has 3 rings (SSSR count). The minimum absolute atomic E-state index is 0.0678. The number of carbonyl (C=O) groups excluding carboxylic acids is 3. The van der Waals surface area contributed by atoms with Gasteiger partial charge < -0.3 is 14.4 Å². The van der Waals surface area contributed by atoms with Crippen molar-refractivity contribution in [1.29, 1.82) is 0 Å². The molecular formula is C22H23NO5. The van der Waals surface area contributed by atoms with Gasteiger partial charge in [0, 0.05) is 24.2 Å². The molecule has 6 heteroatoms. The van der Waals surface area contributed by atoms with Crippen LogP contribution in [0.15, 0.2) is 54.6 Å². The summed E-state index contributed by atoms with van der Waals surface area (Å²) in [6.07, 6.45) is -0.831. The van der Waals surface area contributed by atoms with Crippen molar-refractivity contribution in [3.8, 4) is 5.75 Å². The first kappa shape index (κ1) is 19.6. The number of anilines is 1. The first-order valence-electron chi connectivity index (χ1n) is 9.32. The molecule has 6 nitrogen and oxygen atoms in total. The van der Waals surface area contributed by atoms with E-state index in [0.717, 1.165) is 5.75 Å². The zero-order chi connectivity index (χ0) is 20.1. The molecule has 0 aliphatic carbocycles. The molecule has 0 saturated carbocycles. The Morgan fingerprint density at radius 3 is 2.43 bits per heavy atom. The highest BCUT2D eigenvalue weighted by atomic mass is 16.5. The Bertz CT molecular complexity index is 847. The molecule has 0 spiro atoms. The molecule has 2 atom stereocenters. The van der Waals surface area contributed by atoms with Crippen LogP contribution in [0.1, 0.15) is 30.6 Å². The summed E-state index contributed by atoms with van der Waals surface area (Å²) in [6.45, 7) is 4.25. The van der Waals surface area contributed by atoms with Crippen LogP contribution in [-0.2, 0) is 14.3 Å². The number of benzene rings is 2. The number of nitrogens with zero attached hydrogens (tertiary/aromatic N) is 1. The molecule has 0 N–H and O–H groups in total. The molecule has 1 heterocycles. The third kappa shape index (κ3) is 4.39. The van der Waals surface area contributed by atoms with Gasteiger partial charge in [0.25, 0.3) is 0 Å². The van der Waals surface area contributed by atoms with E-state index in [1.165, 1.54) is 0 Å². The number of rotatable bonds is 7. The summed E-state index contributed by atoms with van der Waals surface area (Å²) in [5.74, 6) is -0.805. The van der Waals surface area contributed by atoms with Crippen molar-refractivity contribution in [2.24, 2.45) is 5.92 Å². The average Bonchev–Trinajstić information content (AvgIpc) is 3.10. The highest BCUT2D eigenvalue weighted by Gasteiger charge is 2.37. The maximum atomic E-state index is 12.5. The normalized spacial score (nSPS) is 17.3. The molecule has 0 bridgehead atoms. The van der Waals surface area contributed by atoms with Crippen LogP contribution in [0, 0.1) is 5.92 Å². The van der Waals surface area contributed by atoms with Crippen LogP contribution in [0.3, 0.4) is 0 Å². The maximum absolute atomic E-state index is 12.5. The molecule has 2 unspecified atom stereocenters. The number of ether oxygens (including phenoxy) is 2. The Hall–Kier alpha value is -3.15. The van der Waals surface area contributed by atoms with Gasteiger partial charge in [0.2, 0.25) is 11.7 Å². The molecule has 146 valence electrons. The number of Topliss-reactive ketones (excluding diaryl/α,β-unsaturated/α-hetero) is 1. The average molecular weight is 381 g/mol. The monoisotopic (exact) mass is 381 g/mol. The Morgan fingerprint density at radius 2 is 1.79 bits per heavy atom. The Labute approximate surface area is 164 Å². The van der Waals surface area contributed by atoms with E-state index in [1.807, 2.05) is 13.0 Å². The van der Waals surface area contributed by atoms with Crippen LogP contribution in [0.5, 0.6) is 5.75 Å². The van der Waals surface area contributed by atoms with Gasteiger partial charge in [0.15, 0.2) is 6.10 Å². The number of hydrogen-bond donors (Lipinski definition) is 0. The number of carbonyl (C=O) groups is 3. The molecule has 2 aromatic rings. The maximum Gasteiger partial charge on any atom is 0.312 e. The van der Waals surface area contributed by atoms with E-state index in [9.17, 15) is 14.4 Å². The predicted octanol–water partition coefficient (Wildman–Crippen LogP) is 3.25. The minimum Gasteiger partial charge on any atom is -0.494 e. The van der Waals surface area contributed by atoms with E-state index >= 15 is 0 Å². The summed E-state index contributed by atoms with van der Waals surface area (Å²) < 4.78 is 10.7. The van der Waals surface area contributed by atoms with Crippen molar-refractivity contribution in [3.63, 3.8) is 0 Å². The smallest absolute Gasteiger partial charge is 0.312 e. The summed E-state index contributed by atoms with van der Waals surface area (Å²) in [5.41, 5.74) is 1.19. The van der Waals surface area contributed by atoms with Gasteiger partial charge in [-0.3, -0.25) is 14.4 Å². The summed E-state index contributed by atoms with van der Waals surface area (Å²) in [5, 5.41) is 0. The lowest BCUT2D eigenvalue weighted by atomic mass is 10.1. The van der Waals surface area contributed by atoms with E-state index in [-0.39, 0.29) is 24.7 Å². The Kier molecular flexibility index (Phi) is 6.09. The fourth-order valence-electron chi connectivity index (χ4n) is 3.17. The van der Waals surface area contributed by atoms with Crippen LogP contribution in [0.4, 0.5) is 5.69 Å². The number of esters is 1. The Morgan fingerprint density at radius 1 is 1.11 bits per heavy atom. The zero-order valence-electron chi connectivity index (χ0n) is 16.0. The standard InChI is InChI=1S/C22H23NO5/c1-3-27-19-11-9-18(10-12-19)23-14-17(13-20(23)24)22(26)28-15(2)21(25)16-7-5-4-6-8-16/h4-12,15,17H,3,13-14H2,1-2H3. The molecule has 2 aromatic carbocycles. The van der Waals surface area contributed by atoms with Crippen molar-refractivity contribution < 1.29 is 23.9 Å². The molecule has 28 heavy (non-hydrogen) atoms. The van der Waals surface area contributed by atoms with Crippen molar-refractivity contribution >= 4 is 23.3 Å². The molecule has 0 aromatic heterocycles. The molecule has 1 saturated heterocycles. The molecule has 0 radical (unpaired) electrons. The fourth-order valence-corrected chi connectivity index (χ4v) is 3.17. The summed E-state index contributed by atoms with van der Waals surface area (Å²) in [7, 11) is 0. The minimum atomic E-state index is -0.899. The summed E-state index contributed by atoms with van der Waals surface area (Å²) in [4.78, 5) is 38.8. The third-order valence-electron chi connectivity index (χ3n) is 4.64. The van der Waals surface area contributed by atoms with Crippen molar-refractivity contribution in [2.45, 2.75) is 26.4 Å². The first-order chi connectivity index (χ1) is 13.5. The van der Waals surface area contributed by atoms with Gasteiger partial charge in [-0.1, -0.05) is 30.3 Å². The number of hydrogen-bond acceptors (Lipinski definition) is 5. The van der Waals surface area contributed by atoms with Gasteiger partial charge in [-0.15, -0.1) is 0 Å². The fraction of sp³-hybridized carbons (Fsp3) is 0.318. The van der Waals surface area contributed by atoms with Gasteiger partial charge in [-0.05, 0) is 38.1 Å². The van der Waals surface area contributed by atoms with Crippen LogP contribution in [0.25, 0.3) is 0 Å². The molecule has 1 fully saturated rings. The van der Waals surface area contributed by atoms with Crippen LogP contribution >= 0.6 is 0 Å². The SMILES string of the molecule is CCOc1ccc(N2CC(C(=O)OC(C)C(=O)c3ccccc3)CC2=O)cc1. The van der Waals surface area contributed by atoms with Crippen molar-refractivity contribution in [2.75, 3.05) is 18.1 Å². The van der Waals surface area contributed by atoms with E-state index in [0.29, 0.717) is 17.9 Å². The lowest BCUT2D eigenvalue weighted by Crippen LogP contribution is -2.30. The van der Waals surface area contributed by atoms with Gasteiger partial charge in [0.1, 0.15) is 5.75 Å².